The summed E-state index contributed by atoms with van der Waals surface area (Å²) >= 11 is 0. The van der Waals surface area contributed by atoms with Crippen LogP contribution in [0.5, 0.6) is 11.5 Å². The Morgan fingerprint density at radius 1 is 0.788 bits per heavy atom. The predicted molar refractivity (Wildman–Crippen MR) is 113 cm³/mol. The Bertz CT molecular complexity index is 1170. The number of H-pyrrole nitrogens is 2. The molecule has 0 aliphatic carbocycles. The smallest absolute Gasteiger partial charge is 0.548 e. The molecule has 0 saturated heterocycles. The normalized spacial score (nSPS) is 12.4. The second-order valence-electron chi connectivity index (χ2n) is 7.35. The van der Waals surface area contributed by atoms with E-state index in [4.69, 9.17) is 11.5 Å². The van der Waals surface area contributed by atoms with Crippen LogP contribution in [-0.2, 0) is 41.9 Å². The molecular formula is C22H22N4O6Zn. The second kappa shape index (κ2) is 11.0. The van der Waals surface area contributed by atoms with Crippen LogP contribution < -0.4 is 21.7 Å². The number of benzene rings is 2. The zero-order valence-corrected chi connectivity index (χ0v) is 20.5. The van der Waals surface area contributed by atoms with Crippen LogP contribution in [0.3, 0.4) is 0 Å². The van der Waals surface area contributed by atoms with Crippen LogP contribution in [0.25, 0.3) is 21.8 Å². The average molecular weight is 504 g/mol. The average Bonchev–Trinajstić information content (AvgIpc) is 3.32. The number of nitrogens with one attached hydrogen (secondary N) is 2. The summed E-state index contributed by atoms with van der Waals surface area (Å²) in [7, 11) is 0. The van der Waals surface area contributed by atoms with Gasteiger partial charge in [0, 0.05) is 46.3 Å². The molecule has 33 heavy (non-hydrogen) atoms. The third-order valence-electron chi connectivity index (χ3n) is 4.99. The fraction of sp³-hybridized carbons (Fsp3) is 0.182. The van der Waals surface area contributed by atoms with Gasteiger partial charge in [-0.15, -0.1) is 0 Å². The Morgan fingerprint density at radius 2 is 1.15 bits per heavy atom. The van der Waals surface area contributed by atoms with Gasteiger partial charge in [-0.3, -0.25) is 0 Å². The van der Waals surface area contributed by atoms with E-state index < -0.39 is 24.0 Å². The summed E-state index contributed by atoms with van der Waals surface area (Å²) in [6, 6.07) is 7.62. The Kier molecular flexibility index (Phi) is 8.58. The molecule has 0 fully saturated rings. The number of aromatic hydroxyl groups is 2. The summed E-state index contributed by atoms with van der Waals surface area (Å²) in [6.45, 7) is 0. The number of nitrogens with two attached hydrogens (primary N) is 2. The molecule has 8 N–H and O–H groups in total. The molecule has 0 aliphatic rings. The minimum Gasteiger partial charge on any atom is -0.548 e. The van der Waals surface area contributed by atoms with E-state index in [2.05, 4.69) is 9.97 Å². The molecule has 4 aromatic rings. The van der Waals surface area contributed by atoms with Crippen molar-refractivity contribution in [2.45, 2.75) is 24.9 Å². The first-order chi connectivity index (χ1) is 15.2. The van der Waals surface area contributed by atoms with E-state index in [-0.39, 0.29) is 43.8 Å². The third kappa shape index (κ3) is 6.32. The first-order valence-corrected chi connectivity index (χ1v) is 9.66. The topological polar surface area (TPSA) is 204 Å². The molecule has 0 saturated carbocycles. The van der Waals surface area contributed by atoms with Gasteiger partial charge < -0.3 is 51.5 Å². The number of carbonyl (C=O) groups is 2. The van der Waals surface area contributed by atoms with Gasteiger partial charge in [0.15, 0.2) is 0 Å². The van der Waals surface area contributed by atoms with Crippen molar-refractivity contribution >= 4 is 33.7 Å². The summed E-state index contributed by atoms with van der Waals surface area (Å²) in [6.07, 6.45) is 3.72. The molecule has 0 spiro atoms. The number of aromatic amines is 2. The number of aliphatic carboxylic acids is 2. The Hall–Kier alpha value is -3.40. The van der Waals surface area contributed by atoms with Crippen molar-refractivity contribution in [2.75, 3.05) is 0 Å². The van der Waals surface area contributed by atoms with Gasteiger partial charge >= 0.3 is 19.5 Å². The maximum absolute atomic E-state index is 10.5. The Balaban J connectivity index is 0.000000227. The molecule has 2 aromatic carbocycles. The van der Waals surface area contributed by atoms with Crippen molar-refractivity contribution in [3.05, 3.63) is 59.9 Å². The van der Waals surface area contributed by atoms with E-state index in [1.54, 1.807) is 48.8 Å². The van der Waals surface area contributed by atoms with E-state index >= 15 is 0 Å². The fourth-order valence-corrected chi connectivity index (χ4v) is 3.31. The maximum Gasteiger partial charge on any atom is 2.00 e. The SMILES string of the molecule is N[C@@H](Cc1c[nH]c2ccc(O)cc12)C(=O)[O-].N[C@@H](Cc1c[nH]c2ccc(O)cc12)C(=O)[O-].[Zn+2]. The van der Waals surface area contributed by atoms with Gasteiger partial charge in [-0.05, 0) is 60.4 Å². The van der Waals surface area contributed by atoms with Crippen molar-refractivity contribution in [3.8, 4) is 11.5 Å². The quantitative estimate of drug-likeness (QED) is 0.179. The number of hydrogen-bond donors (Lipinski definition) is 6. The number of rotatable bonds is 6. The molecule has 0 aliphatic heterocycles. The van der Waals surface area contributed by atoms with Gasteiger partial charge in [0.1, 0.15) is 11.5 Å². The standard InChI is InChI=1S/2C11H12N2O3.Zn/c2*12-9(11(15)16)3-6-5-13-10-2-1-7(14)4-8(6)10;/h2*1-2,4-5,9,13-14H,3,12H2,(H,15,16);/q;;+2/p-2/t2*9-;/m00./s1. The van der Waals surface area contributed by atoms with E-state index in [1.165, 1.54) is 0 Å². The molecule has 0 bridgehead atoms. The summed E-state index contributed by atoms with van der Waals surface area (Å²) in [4.78, 5) is 27.0. The zero-order chi connectivity index (χ0) is 23.4. The molecule has 2 heterocycles. The van der Waals surface area contributed by atoms with Crippen molar-refractivity contribution in [1.82, 2.24) is 9.97 Å². The largest absolute Gasteiger partial charge is 2.00 e. The number of fused-ring (bicyclic) bond motifs is 2. The molecule has 4 rings (SSSR count). The summed E-state index contributed by atoms with van der Waals surface area (Å²) in [5, 5.41) is 41.3. The minimum absolute atomic E-state index is 0. The van der Waals surface area contributed by atoms with Crippen LogP contribution in [0.4, 0.5) is 0 Å². The monoisotopic (exact) mass is 502 g/mol. The van der Waals surface area contributed by atoms with Gasteiger partial charge in [-0.25, -0.2) is 0 Å². The molecule has 2 aromatic heterocycles. The summed E-state index contributed by atoms with van der Waals surface area (Å²) in [5.74, 6) is -2.30. The number of carboxylic acid groups (broad SMARTS) is 2. The van der Waals surface area contributed by atoms with Crippen LogP contribution in [0.2, 0.25) is 0 Å². The van der Waals surface area contributed by atoms with Gasteiger partial charge in [-0.2, -0.15) is 0 Å². The first-order valence-electron chi connectivity index (χ1n) is 9.66. The predicted octanol–water partition coefficient (Wildman–Crippen LogP) is -1.02. The Morgan fingerprint density at radius 3 is 1.48 bits per heavy atom. The molecule has 0 amide bonds. The third-order valence-corrected chi connectivity index (χ3v) is 4.99. The molecule has 2 atom stereocenters. The first kappa shape index (κ1) is 25.9. The number of carboxylic acids is 2. The van der Waals surface area contributed by atoms with Crippen molar-refractivity contribution in [2.24, 2.45) is 11.5 Å². The summed E-state index contributed by atoms with van der Waals surface area (Å²) in [5.41, 5.74) is 14.0. The minimum atomic E-state index is -1.28. The van der Waals surface area contributed by atoms with Crippen LogP contribution in [0.15, 0.2) is 48.8 Å². The number of carbonyl (C=O) groups excluding carboxylic acids is 2. The number of phenolic OH excluding ortho intramolecular Hbond substituents is 2. The van der Waals surface area contributed by atoms with E-state index in [9.17, 15) is 30.0 Å². The van der Waals surface area contributed by atoms with E-state index in [1.807, 2.05) is 0 Å². The number of hydrogen-bond acceptors (Lipinski definition) is 8. The number of aromatic nitrogens is 2. The zero-order valence-electron chi connectivity index (χ0n) is 17.6. The Labute approximate surface area is 201 Å². The molecule has 11 heteroatoms. The van der Waals surface area contributed by atoms with Crippen LogP contribution in [-0.4, -0.2) is 44.2 Å². The van der Waals surface area contributed by atoms with Crippen LogP contribution in [0.1, 0.15) is 11.1 Å². The molecular weight excluding hydrogens is 482 g/mol. The van der Waals surface area contributed by atoms with Gasteiger partial charge in [0.05, 0.1) is 11.9 Å². The molecule has 10 nitrogen and oxygen atoms in total. The van der Waals surface area contributed by atoms with Crippen molar-refractivity contribution < 1.29 is 49.5 Å². The van der Waals surface area contributed by atoms with E-state index in [0.29, 0.717) is 0 Å². The fourth-order valence-electron chi connectivity index (χ4n) is 3.31. The van der Waals surface area contributed by atoms with Crippen molar-refractivity contribution in [3.63, 3.8) is 0 Å². The van der Waals surface area contributed by atoms with E-state index in [0.717, 1.165) is 32.9 Å². The molecule has 0 radical (unpaired) electrons. The second-order valence-corrected chi connectivity index (χ2v) is 7.35. The molecule has 0 unspecified atom stereocenters. The summed E-state index contributed by atoms with van der Waals surface area (Å²) < 4.78 is 0. The number of phenols is 2. The van der Waals surface area contributed by atoms with Gasteiger partial charge in [-0.1, -0.05) is 0 Å². The van der Waals surface area contributed by atoms with Crippen molar-refractivity contribution in [1.29, 1.82) is 0 Å². The van der Waals surface area contributed by atoms with Crippen LogP contribution in [0, 0.1) is 0 Å². The van der Waals surface area contributed by atoms with Crippen LogP contribution >= 0.6 is 0 Å². The molecule has 168 valence electrons. The van der Waals surface area contributed by atoms with Gasteiger partial charge in [0.25, 0.3) is 0 Å². The maximum atomic E-state index is 10.5. The van der Waals surface area contributed by atoms with Gasteiger partial charge in [0.2, 0.25) is 0 Å².